The SMILES string of the molecule is C1CCN(C2(CNCC3CCCOC3)CCCCC2)CC1. The van der Waals surface area contributed by atoms with Gasteiger partial charge in [0.1, 0.15) is 0 Å². The van der Waals surface area contributed by atoms with Gasteiger partial charge in [0.2, 0.25) is 0 Å². The number of nitrogens with one attached hydrogen (secondary N) is 1. The Morgan fingerprint density at radius 3 is 2.43 bits per heavy atom. The van der Waals surface area contributed by atoms with E-state index in [1.807, 2.05) is 0 Å². The first-order chi connectivity index (χ1) is 10.4. The van der Waals surface area contributed by atoms with Gasteiger partial charge in [-0.2, -0.15) is 0 Å². The molecule has 1 saturated carbocycles. The van der Waals surface area contributed by atoms with Crippen molar-refractivity contribution in [3.63, 3.8) is 0 Å². The average molecular weight is 294 g/mol. The van der Waals surface area contributed by atoms with Crippen molar-refractivity contribution in [2.24, 2.45) is 5.92 Å². The van der Waals surface area contributed by atoms with Gasteiger partial charge in [0.25, 0.3) is 0 Å². The van der Waals surface area contributed by atoms with Crippen LogP contribution in [0, 0.1) is 5.92 Å². The van der Waals surface area contributed by atoms with E-state index in [0.29, 0.717) is 5.54 Å². The van der Waals surface area contributed by atoms with Crippen LogP contribution in [0.15, 0.2) is 0 Å². The second kappa shape index (κ2) is 7.94. The predicted octanol–water partition coefficient (Wildman–Crippen LogP) is 3.19. The minimum absolute atomic E-state index is 0.480. The van der Waals surface area contributed by atoms with E-state index in [1.54, 1.807) is 0 Å². The van der Waals surface area contributed by atoms with Gasteiger partial charge < -0.3 is 10.1 Å². The van der Waals surface area contributed by atoms with Crippen molar-refractivity contribution < 1.29 is 4.74 Å². The molecule has 0 bridgehead atoms. The van der Waals surface area contributed by atoms with Crippen molar-refractivity contribution in [2.75, 3.05) is 39.4 Å². The lowest BCUT2D eigenvalue weighted by molar-refractivity contribution is 0.0266. The molecule has 3 heteroatoms. The van der Waals surface area contributed by atoms with Crippen LogP contribution in [-0.2, 0) is 4.74 Å². The highest BCUT2D eigenvalue weighted by Crippen LogP contribution is 2.35. The Bertz CT molecular complexity index is 290. The molecule has 0 radical (unpaired) electrons. The standard InChI is InChI=1S/C18H34N2O/c1-3-9-18(10-4-1,20-11-5-2-6-12-20)16-19-14-17-8-7-13-21-15-17/h17,19H,1-16H2. The summed E-state index contributed by atoms with van der Waals surface area (Å²) in [7, 11) is 0. The molecule has 0 aromatic heterocycles. The first-order valence-corrected chi connectivity index (χ1v) is 9.43. The summed E-state index contributed by atoms with van der Waals surface area (Å²) < 4.78 is 5.62. The molecule has 21 heavy (non-hydrogen) atoms. The summed E-state index contributed by atoms with van der Waals surface area (Å²) >= 11 is 0. The van der Waals surface area contributed by atoms with Crippen molar-refractivity contribution >= 4 is 0 Å². The number of ether oxygens (including phenoxy) is 1. The predicted molar refractivity (Wildman–Crippen MR) is 87.7 cm³/mol. The third-order valence-corrected chi connectivity index (χ3v) is 5.95. The molecular formula is C18H34N2O. The first kappa shape index (κ1) is 15.8. The van der Waals surface area contributed by atoms with Crippen LogP contribution in [0.4, 0.5) is 0 Å². The lowest BCUT2D eigenvalue weighted by Gasteiger charge is -2.48. The molecule has 3 nitrogen and oxygen atoms in total. The molecule has 3 rings (SSSR count). The maximum absolute atomic E-state index is 5.62. The normalized spacial score (nSPS) is 31.1. The van der Waals surface area contributed by atoms with E-state index in [9.17, 15) is 0 Å². The molecule has 0 amide bonds. The van der Waals surface area contributed by atoms with E-state index < -0.39 is 0 Å². The van der Waals surface area contributed by atoms with Crippen molar-refractivity contribution in [3.8, 4) is 0 Å². The van der Waals surface area contributed by atoms with E-state index in [4.69, 9.17) is 4.74 Å². The summed E-state index contributed by atoms with van der Waals surface area (Å²) in [6.07, 6.45) is 14.0. The first-order valence-electron chi connectivity index (χ1n) is 9.43. The van der Waals surface area contributed by atoms with Crippen LogP contribution in [0.3, 0.4) is 0 Å². The lowest BCUT2D eigenvalue weighted by atomic mass is 9.79. The van der Waals surface area contributed by atoms with E-state index >= 15 is 0 Å². The van der Waals surface area contributed by atoms with Crippen LogP contribution in [-0.4, -0.2) is 49.8 Å². The molecule has 122 valence electrons. The van der Waals surface area contributed by atoms with Gasteiger partial charge in [0.15, 0.2) is 0 Å². The van der Waals surface area contributed by atoms with Crippen molar-refractivity contribution in [2.45, 2.75) is 69.7 Å². The second-order valence-corrected chi connectivity index (χ2v) is 7.55. The zero-order valence-corrected chi connectivity index (χ0v) is 13.7. The third kappa shape index (κ3) is 4.20. The molecule has 0 aromatic carbocycles. The third-order valence-electron chi connectivity index (χ3n) is 5.95. The molecule has 1 N–H and O–H groups in total. The quantitative estimate of drug-likeness (QED) is 0.843. The Hall–Kier alpha value is -0.120. The fraction of sp³-hybridized carbons (Fsp3) is 1.00. The molecule has 1 atom stereocenters. The van der Waals surface area contributed by atoms with E-state index in [2.05, 4.69) is 10.2 Å². The van der Waals surface area contributed by atoms with Gasteiger partial charge in [-0.15, -0.1) is 0 Å². The second-order valence-electron chi connectivity index (χ2n) is 7.55. The number of hydrogen-bond acceptors (Lipinski definition) is 3. The van der Waals surface area contributed by atoms with Crippen molar-refractivity contribution in [1.29, 1.82) is 0 Å². The zero-order valence-electron chi connectivity index (χ0n) is 13.7. The fourth-order valence-corrected chi connectivity index (χ4v) is 4.66. The van der Waals surface area contributed by atoms with Gasteiger partial charge in [-0.1, -0.05) is 25.7 Å². The highest BCUT2D eigenvalue weighted by molar-refractivity contribution is 4.96. The van der Waals surface area contributed by atoms with E-state index in [-0.39, 0.29) is 0 Å². The summed E-state index contributed by atoms with van der Waals surface area (Å²) in [5.41, 5.74) is 0.480. The van der Waals surface area contributed by atoms with Gasteiger partial charge in [-0.25, -0.2) is 0 Å². The Labute approximate surface area is 130 Å². The molecule has 0 spiro atoms. The van der Waals surface area contributed by atoms with Gasteiger partial charge in [0, 0.05) is 25.2 Å². The summed E-state index contributed by atoms with van der Waals surface area (Å²) in [5.74, 6) is 0.751. The molecule has 0 aromatic rings. The highest BCUT2D eigenvalue weighted by atomic mass is 16.5. The number of likely N-dealkylation sites (tertiary alicyclic amines) is 1. The van der Waals surface area contributed by atoms with Gasteiger partial charge in [-0.05, 0) is 57.5 Å². The van der Waals surface area contributed by atoms with Crippen LogP contribution in [0.5, 0.6) is 0 Å². The summed E-state index contributed by atoms with van der Waals surface area (Å²) in [6, 6.07) is 0. The van der Waals surface area contributed by atoms with Crippen molar-refractivity contribution in [3.05, 3.63) is 0 Å². The molecule has 2 heterocycles. The van der Waals surface area contributed by atoms with Gasteiger partial charge in [0.05, 0.1) is 6.61 Å². The summed E-state index contributed by atoms with van der Waals surface area (Å²) in [6.45, 7) is 7.01. The average Bonchev–Trinajstić information content (AvgIpc) is 2.58. The molecule has 3 aliphatic rings. The van der Waals surface area contributed by atoms with E-state index in [1.165, 1.54) is 83.8 Å². The Balaban J connectivity index is 1.51. The molecule has 1 aliphatic carbocycles. The fourth-order valence-electron chi connectivity index (χ4n) is 4.66. The Kier molecular flexibility index (Phi) is 5.96. The number of rotatable bonds is 5. The Morgan fingerprint density at radius 2 is 1.71 bits per heavy atom. The monoisotopic (exact) mass is 294 g/mol. The zero-order chi connectivity index (χ0) is 14.4. The maximum Gasteiger partial charge on any atom is 0.0506 e. The molecule has 2 aliphatic heterocycles. The van der Waals surface area contributed by atoms with Crippen LogP contribution in [0.1, 0.15) is 64.2 Å². The Morgan fingerprint density at radius 1 is 0.952 bits per heavy atom. The molecular weight excluding hydrogens is 260 g/mol. The van der Waals surface area contributed by atoms with Crippen LogP contribution < -0.4 is 5.32 Å². The van der Waals surface area contributed by atoms with Gasteiger partial charge >= 0.3 is 0 Å². The van der Waals surface area contributed by atoms with Gasteiger partial charge in [-0.3, -0.25) is 4.90 Å². The van der Waals surface area contributed by atoms with E-state index in [0.717, 1.165) is 25.7 Å². The summed E-state index contributed by atoms with van der Waals surface area (Å²) in [5, 5.41) is 3.84. The minimum Gasteiger partial charge on any atom is -0.381 e. The molecule has 2 saturated heterocycles. The topological polar surface area (TPSA) is 24.5 Å². The van der Waals surface area contributed by atoms with Crippen LogP contribution in [0.2, 0.25) is 0 Å². The summed E-state index contributed by atoms with van der Waals surface area (Å²) in [4.78, 5) is 2.85. The number of nitrogens with zero attached hydrogens (tertiary/aromatic N) is 1. The van der Waals surface area contributed by atoms with Crippen LogP contribution in [0.25, 0.3) is 0 Å². The minimum atomic E-state index is 0.480. The molecule has 1 unspecified atom stereocenters. The maximum atomic E-state index is 5.62. The highest BCUT2D eigenvalue weighted by Gasteiger charge is 2.38. The largest absolute Gasteiger partial charge is 0.381 e. The lowest BCUT2D eigenvalue weighted by Crippen LogP contribution is -2.57. The van der Waals surface area contributed by atoms with Crippen molar-refractivity contribution in [1.82, 2.24) is 10.2 Å². The molecule has 3 fully saturated rings. The van der Waals surface area contributed by atoms with Crippen LogP contribution >= 0.6 is 0 Å². The number of piperidine rings is 1. The smallest absolute Gasteiger partial charge is 0.0506 e. The number of hydrogen-bond donors (Lipinski definition) is 1.